The van der Waals surface area contributed by atoms with Crippen molar-refractivity contribution in [1.82, 2.24) is 5.32 Å². The monoisotopic (exact) mass is 299 g/mol. The molecule has 2 aromatic rings. The van der Waals surface area contributed by atoms with Crippen LogP contribution in [0.2, 0.25) is 0 Å². The highest BCUT2D eigenvalue weighted by atomic mass is 32.2. The lowest BCUT2D eigenvalue weighted by molar-refractivity contribution is 0.0949. The number of thioether (sulfide) groups is 1. The molecule has 0 aliphatic carbocycles. The Hall–Kier alpha value is -1.74. The predicted octanol–water partition coefficient (Wildman–Crippen LogP) is 4.50. The molecule has 21 heavy (non-hydrogen) atoms. The quantitative estimate of drug-likeness (QED) is 0.795. The second kappa shape index (κ2) is 7.89. The van der Waals surface area contributed by atoms with Crippen LogP contribution in [0.3, 0.4) is 0 Å². The molecule has 0 bridgehead atoms. The highest BCUT2D eigenvalue weighted by Gasteiger charge is 2.16. The van der Waals surface area contributed by atoms with Crippen molar-refractivity contribution in [2.75, 3.05) is 5.75 Å². The average molecular weight is 299 g/mol. The van der Waals surface area contributed by atoms with Crippen LogP contribution >= 0.6 is 11.8 Å². The van der Waals surface area contributed by atoms with Crippen LogP contribution in [-0.4, -0.2) is 11.7 Å². The summed E-state index contributed by atoms with van der Waals surface area (Å²) in [6.45, 7) is 4.38. The Morgan fingerprint density at radius 2 is 1.57 bits per heavy atom. The van der Waals surface area contributed by atoms with Crippen LogP contribution in [0, 0.1) is 5.92 Å². The normalized spacial score (nSPS) is 12.1. The first kappa shape index (κ1) is 15.6. The molecule has 0 aromatic heterocycles. The summed E-state index contributed by atoms with van der Waals surface area (Å²) >= 11 is 1.77. The van der Waals surface area contributed by atoms with Gasteiger partial charge in [0, 0.05) is 5.56 Å². The van der Waals surface area contributed by atoms with Gasteiger partial charge in [0.2, 0.25) is 0 Å². The average Bonchev–Trinajstić information content (AvgIpc) is 2.52. The summed E-state index contributed by atoms with van der Waals surface area (Å²) in [6.07, 6.45) is 0. The fraction of sp³-hybridized carbons (Fsp3) is 0.278. The zero-order valence-corrected chi connectivity index (χ0v) is 13.3. The first-order valence-electron chi connectivity index (χ1n) is 7.19. The van der Waals surface area contributed by atoms with Crippen LogP contribution in [0.5, 0.6) is 0 Å². The van der Waals surface area contributed by atoms with Gasteiger partial charge in [-0.25, -0.2) is 0 Å². The fourth-order valence-corrected chi connectivity index (χ4v) is 3.05. The van der Waals surface area contributed by atoms with Crippen molar-refractivity contribution in [2.24, 2.45) is 5.92 Å². The van der Waals surface area contributed by atoms with Gasteiger partial charge in [-0.2, -0.15) is 0 Å². The molecule has 1 N–H and O–H groups in total. The molecule has 0 unspecified atom stereocenters. The van der Waals surface area contributed by atoms with E-state index >= 15 is 0 Å². The molecule has 1 atom stereocenters. The molecule has 1 amide bonds. The van der Waals surface area contributed by atoms with E-state index in [2.05, 4.69) is 31.3 Å². The van der Waals surface area contributed by atoms with Gasteiger partial charge in [-0.15, -0.1) is 11.8 Å². The van der Waals surface area contributed by atoms with Crippen LogP contribution in [0.15, 0.2) is 60.7 Å². The van der Waals surface area contributed by atoms with E-state index in [1.807, 2.05) is 48.5 Å². The molecular weight excluding hydrogens is 278 g/mol. The molecule has 0 aliphatic heterocycles. The summed E-state index contributed by atoms with van der Waals surface area (Å²) in [5, 5.41) is 3.12. The van der Waals surface area contributed by atoms with Gasteiger partial charge < -0.3 is 5.32 Å². The number of benzene rings is 2. The van der Waals surface area contributed by atoms with E-state index in [0.29, 0.717) is 11.5 Å². The second-order valence-corrected chi connectivity index (χ2v) is 6.50. The Bertz CT molecular complexity index is 554. The Labute approximate surface area is 131 Å². The van der Waals surface area contributed by atoms with Crippen LogP contribution in [-0.2, 0) is 0 Å². The molecule has 3 heteroatoms. The molecule has 110 valence electrons. The van der Waals surface area contributed by atoms with Crippen LogP contribution in [0.4, 0.5) is 0 Å². The third kappa shape index (κ3) is 4.94. The topological polar surface area (TPSA) is 29.1 Å². The van der Waals surface area contributed by atoms with Gasteiger partial charge in [-0.05, 0) is 29.4 Å². The van der Waals surface area contributed by atoms with Crippen LogP contribution in [0.1, 0.15) is 35.1 Å². The van der Waals surface area contributed by atoms with Crippen molar-refractivity contribution >= 4 is 17.7 Å². The first-order chi connectivity index (χ1) is 10.2. The summed E-state index contributed by atoms with van der Waals surface area (Å²) < 4.78 is 0. The van der Waals surface area contributed by atoms with Crippen molar-refractivity contribution < 1.29 is 4.79 Å². The van der Waals surface area contributed by atoms with Gasteiger partial charge >= 0.3 is 0 Å². The van der Waals surface area contributed by atoms with E-state index in [-0.39, 0.29) is 11.3 Å². The number of amides is 1. The molecule has 0 aliphatic rings. The molecule has 0 saturated heterocycles. The standard InChI is InChI=1S/C18H21NOS/c1-14(2)13-21-18(16-11-7-4-8-12-16)19-17(20)15-9-5-3-6-10-15/h3-12,14,18H,13H2,1-2H3,(H,19,20)/t18-/m0/s1. The molecule has 0 radical (unpaired) electrons. The van der Waals surface area contributed by atoms with Gasteiger partial charge in [0.05, 0.1) is 0 Å². The Morgan fingerprint density at radius 1 is 1.00 bits per heavy atom. The number of hydrogen-bond acceptors (Lipinski definition) is 2. The van der Waals surface area contributed by atoms with Gasteiger partial charge in [0.25, 0.3) is 5.91 Å². The van der Waals surface area contributed by atoms with E-state index in [0.717, 1.165) is 11.3 Å². The minimum absolute atomic E-state index is 0.0127. The van der Waals surface area contributed by atoms with Crippen molar-refractivity contribution in [1.29, 1.82) is 0 Å². The lowest BCUT2D eigenvalue weighted by atomic mass is 10.2. The van der Waals surface area contributed by atoms with E-state index in [1.54, 1.807) is 11.8 Å². The molecule has 2 nitrogen and oxygen atoms in total. The Morgan fingerprint density at radius 3 is 2.14 bits per heavy atom. The van der Waals surface area contributed by atoms with Crippen molar-refractivity contribution in [2.45, 2.75) is 19.2 Å². The highest BCUT2D eigenvalue weighted by molar-refractivity contribution is 7.99. The van der Waals surface area contributed by atoms with E-state index < -0.39 is 0 Å². The molecule has 0 heterocycles. The van der Waals surface area contributed by atoms with Gasteiger partial charge in [0.15, 0.2) is 0 Å². The number of hydrogen-bond donors (Lipinski definition) is 1. The molecule has 0 fully saturated rings. The minimum Gasteiger partial charge on any atom is -0.336 e. The second-order valence-electron chi connectivity index (χ2n) is 5.36. The van der Waals surface area contributed by atoms with Crippen molar-refractivity contribution in [3.8, 4) is 0 Å². The maximum atomic E-state index is 12.3. The lowest BCUT2D eigenvalue weighted by Gasteiger charge is -2.20. The smallest absolute Gasteiger partial charge is 0.252 e. The Kier molecular flexibility index (Phi) is 5.88. The van der Waals surface area contributed by atoms with Crippen LogP contribution in [0.25, 0.3) is 0 Å². The summed E-state index contributed by atoms with van der Waals surface area (Å²) in [5.41, 5.74) is 1.83. The zero-order valence-electron chi connectivity index (χ0n) is 12.5. The van der Waals surface area contributed by atoms with E-state index in [4.69, 9.17) is 0 Å². The summed E-state index contributed by atoms with van der Waals surface area (Å²) in [5.74, 6) is 1.57. The third-order valence-electron chi connectivity index (χ3n) is 3.00. The predicted molar refractivity (Wildman–Crippen MR) is 90.4 cm³/mol. The first-order valence-corrected chi connectivity index (χ1v) is 8.24. The van der Waals surface area contributed by atoms with E-state index in [9.17, 15) is 4.79 Å². The van der Waals surface area contributed by atoms with Crippen LogP contribution < -0.4 is 5.32 Å². The molecular formula is C18H21NOS. The van der Waals surface area contributed by atoms with Crippen molar-refractivity contribution in [3.05, 3.63) is 71.8 Å². The maximum absolute atomic E-state index is 12.3. The number of rotatable bonds is 6. The van der Waals surface area contributed by atoms with Crippen molar-refractivity contribution in [3.63, 3.8) is 0 Å². The number of carbonyl (C=O) groups excluding carboxylic acids is 1. The Balaban J connectivity index is 2.10. The maximum Gasteiger partial charge on any atom is 0.252 e. The zero-order chi connectivity index (χ0) is 15.1. The van der Waals surface area contributed by atoms with Gasteiger partial charge in [0.1, 0.15) is 5.37 Å². The third-order valence-corrected chi connectivity index (χ3v) is 4.58. The lowest BCUT2D eigenvalue weighted by Crippen LogP contribution is -2.27. The van der Waals surface area contributed by atoms with Gasteiger partial charge in [-0.3, -0.25) is 4.79 Å². The fourth-order valence-electron chi connectivity index (χ4n) is 1.93. The summed E-state index contributed by atoms with van der Waals surface area (Å²) in [6, 6.07) is 19.5. The minimum atomic E-state index is -0.0271. The molecule has 2 rings (SSSR count). The molecule has 0 spiro atoms. The molecule has 2 aromatic carbocycles. The highest BCUT2D eigenvalue weighted by Crippen LogP contribution is 2.28. The SMILES string of the molecule is CC(C)CS[C@H](NC(=O)c1ccccc1)c1ccccc1. The number of nitrogens with one attached hydrogen (secondary N) is 1. The molecule has 0 saturated carbocycles. The summed E-state index contributed by atoms with van der Waals surface area (Å²) in [4.78, 5) is 12.3. The number of carbonyl (C=O) groups is 1. The van der Waals surface area contributed by atoms with E-state index in [1.165, 1.54) is 0 Å². The largest absolute Gasteiger partial charge is 0.336 e. The van der Waals surface area contributed by atoms with Gasteiger partial charge in [-0.1, -0.05) is 62.4 Å². The summed E-state index contributed by atoms with van der Waals surface area (Å²) in [7, 11) is 0.